The van der Waals surface area contributed by atoms with Crippen molar-refractivity contribution in [2.75, 3.05) is 18.1 Å². The molecule has 2 nitrogen and oxygen atoms in total. The van der Waals surface area contributed by atoms with E-state index in [0.717, 1.165) is 19.4 Å². The number of hydrogen-bond acceptors (Lipinski definition) is 2. The van der Waals surface area contributed by atoms with Crippen LogP contribution >= 0.6 is 0 Å². The smallest absolute Gasteiger partial charge is 0.0476 e. The highest BCUT2D eigenvalue weighted by Crippen LogP contribution is 2.36. The van der Waals surface area contributed by atoms with Crippen molar-refractivity contribution in [3.8, 4) is 0 Å². The maximum atomic E-state index is 9.42. The molecule has 1 aliphatic heterocycles. The van der Waals surface area contributed by atoms with Crippen LogP contribution < -0.4 is 4.90 Å². The average molecular weight is 247 g/mol. The summed E-state index contributed by atoms with van der Waals surface area (Å²) in [6.07, 6.45) is 2.27. The minimum atomic E-state index is 0.185. The summed E-state index contributed by atoms with van der Waals surface area (Å²) in [5, 5.41) is 9.42. The molecule has 1 aliphatic rings. The molecule has 1 aromatic carbocycles. The molecule has 1 N–H and O–H groups in total. The molecule has 1 unspecified atom stereocenters. The van der Waals surface area contributed by atoms with Crippen LogP contribution in [0.5, 0.6) is 0 Å². The van der Waals surface area contributed by atoms with Crippen molar-refractivity contribution in [2.24, 2.45) is 5.92 Å². The molecule has 0 saturated carbocycles. The summed E-state index contributed by atoms with van der Waals surface area (Å²) in [7, 11) is 0. The zero-order chi connectivity index (χ0) is 13.3. The Morgan fingerprint density at radius 1 is 1.33 bits per heavy atom. The second-order valence-corrected chi connectivity index (χ2v) is 6.30. The molecule has 2 rings (SSSR count). The van der Waals surface area contributed by atoms with Crippen LogP contribution in [0.2, 0.25) is 0 Å². The fourth-order valence-corrected chi connectivity index (χ4v) is 2.87. The number of benzene rings is 1. The fraction of sp³-hybridized carbons (Fsp3) is 0.625. The lowest BCUT2D eigenvalue weighted by molar-refractivity contribution is 0.181. The number of aryl methyl sites for hydroxylation is 2. The predicted octanol–water partition coefficient (Wildman–Crippen LogP) is 3.29. The van der Waals surface area contributed by atoms with Crippen molar-refractivity contribution < 1.29 is 5.11 Å². The number of aliphatic hydroxyl groups is 1. The Hall–Kier alpha value is -1.02. The van der Waals surface area contributed by atoms with Crippen LogP contribution in [0, 0.1) is 19.8 Å². The average Bonchev–Trinajstić information content (AvgIpc) is 2.32. The van der Waals surface area contributed by atoms with Gasteiger partial charge in [-0.25, -0.2) is 0 Å². The molecular weight excluding hydrogens is 222 g/mol. The van der Waals surface area contributed by atoms with Gasteiger partial charge in [0.1, 0.15) is 0 Å². The van der Waals surface area contributed by atoms with Gasteiger partial charge < -0.3 is 10.0 Å². The molecule has 18 heavy (non-hydrogen) atoms. The van der Waals surface area contributed by atoms with Gasteiger partial charge in [-0.3, -0.25) is 0 Å². The third kappa shape index (κ3) is 2.54. The van der Waals surface area contributed by atoms with Gasteiger partial charge in [-0.15, -0.1) is 0 Å². The van der Waals surface area contributed by atoms with Crippen LogP contribution in [0.3, 0.4) is 0 Å². The Bertz CT molecular complexity index is 425. The summed E-state index contributed by atoms with van der Waals surface area (Å²) in [6.45, 7) is 10.2. The molecule has 0 amide bonds. The lowest BCUT2D eigenvalue weighted by atomic mass is 9.84. The highest BCUT2D eigenvalue weighted by Gasteiger charge is 2.34. The van der Waals surface area contributed by atoms with E-state index in [0.29, 0.717) is 12.5 Å². The van der Waals surface area contributed by atoms with Crippen LogP contribution in [0.4, 0.5) is 5.69 Å². The Morgan fingerprint density at radius 2 is 2.06 bits per heavy atom. The minimum Gasteiger partial charge on any atom is -0.396 e. The maximum absolute atomic E-state index is 9.42. The molecule has 2 heteroatoms. The van der Waals surface area contributed by atoms with Gasteiger partial charge in [0, 0.05) is 24.4 Å². The second-order valence-electron chi connectivity index (χ2n) is 6.30. The molecule has 1 heterocycles. The van der Waals surface area contributed by atoms with E-state index in [1.54, 1.807) is 0 Å². The summed E-state index contributed by atoms with van der Waals surface area (Å²) < 4.78 is 0. The van der Waals surface area contributed by atoms with E-state index >= 15 is 0 Å². The van der Waals surface area contributed by atoms with E-state index in [-0.39, 0.29) is 5.54 Å². The van der Waals surface area contributed by atoms with Gasteiger partial charge >= 0.3 is 0 Å². The summed E-state index contributed by atoms with van der Waals surface area (Å²) in [4.78, 5) is 2.49. The fourth-order valence-electron chi connectivity index (χ4n) is 2.87. The zero-order valence-electron chi connectivity index (χ0n) is 12.0. The van der Waals surface area contributed by atoms with Gasteiger partial charge in [-0.05, 0) is 63.6 Å². The Morgan fingerprint density at radius 3 is 2.72 bits per heavy atom. The lowest BCUT2D eigenvalue weighted by Crippen LogP contribution is -2.51. The minimum absolute atomic E-state index is 0.185. The monoisotopic (exact) mass is 247 g/mol. The molecule has 0 bridgehead atoms. The largest absolute Gasteiger partial charge is 0.396 e. The third-order valence-corrected chi connectivity index (χ3v) is 4.25. The Labute approximate surface area is 111 Å². The molecule has 1 saturated heterocycles. The number of aliphatic hydroxyl groups excluding tert-OH is 1. The number of rotatable bonds is 2. The number of piperidine rings is 1. The maximum Gasteiger partial charge on any atom is 0.0476 e. The summed E-state index contributed by atoms with van der Waals surface area (Å²) >= 11 is 0. The molecule has 0 radical (unpaired) electrons. The van der Waals surface area contributed by atoms with Gasteiger partial charge in [-0.1, -0.05) is 12.1 Å². The highest BCUT2D eigenvalue weighted by molar-refractivity contribution is 5.57. The first-order valence-corrected chi connectivity index (χ1v) is 6.90. The number of nitrogens with zero attached hydrogens (tertiary/aromatic N) is 1. The molecule has 0 aliphatic carbocycles. The predicted molar refractivity (Wildman–Crippen MR) is 77.2 cm³/mol. The van der Waals surface area contributed by atoms with Crippen LogP contribution in [0.25, 0.3) is 0 Å². The summed E-state index contributed by atoms with van der Waals surface area (Å²) in [5.41, 5.74) is 4.15. The molecule has 0 spiro atoms. The van der Waals surface area contributed by atoms with Gasteiger partial charge in [0.05, 0.1) is 0 Å². The van der Waals surface area contributed by atoms with E-state index < -0.39 is 0 Å². The van der Waals surface area contributed by atoms with Gasteiger partial charge in [-0.2, -0.15) is 0 Å². The SMILES string of the molecule is Cc1ccc(C)c(N2CC(CO)CCC2(C)C)c1. The van der Waals surface area contributed by atoms with E-state index in [9.17, 15) is 5.11 Å². The van der Waals surface area contributed by atoms with Crippen LogP contribution in [-0.4, -0.2) is 23.8 Å². The zero-order valence-corrected chi connectivity index (χ0v) is 12.0. The first-order valence-electron chi connectivity index (χ1n) is 6.90. The molecule has 1 atom stereocenters. The van der Waals surface area contributed by atoms with Crippen molar-refractivity contribution in [2.45, 2.75) is 46.1 Å². The van der Waals surface area contributed by atoms with Crippen molar-refractivity contribution in [1.29, 1.82) is 0 Å². The van der Waals surface area contributed by atoms with Crippen molar-refractivity contribution >= 4 is 5.69 Å². The standard InChI is InChI=1S/C16H25NO/c1-12-5-6-13(2)15(9-12)17-10-14(11-18)7-8-16(17,3)4/h5-6,9,14,18H,7-8,10-11H2,1-4H3. The first kappa shape index (κ1) is 13.4. The van der Waals surface area contributed by atoms with Crippen LogP contribution in [-0.2, 0) is 0 Å². The molecule has 1 fully saturated rings. The van der Waals surface area contributed by atoms with Crippen molar-refractivity contribution in [3.63, 3.8) is 0 Å². The topological polar surface area (TPSA) is 23.5 Å². The highest BCUT2D eigenvalue weighted by atomic mass is 16.3. The Kier molecular flexibility index (Phi) is 3.67. The third-order valence-electron chi connectivity index (χ3n) is 4.25. The van der Waals surface area contributed by atoms with E-state index in [2.05, 4.69) is 50.8 Å². The molecular formula is C16H25NO. The van der Waals surface area contributed by atoms with Gasteiger partial charge in [0.15, 0.2) is 0 Å². The number of anilines is 1. The summed E-state index contributed by atoms with van der Waals surface area (Å²) in [5.74, 6) is 0.415. The van der Waals surface area contributed by atoms with Gasteiger partial charge in [0.2, 0.25) is 0 Å². The molecule has 0 aromatic heterocycles. The van der Waals surface area contributed by atoms with E-state index in [1.807, 2.05) is 0 Å². The van der Waals surface area contributed by atoms with Gasteiger partial charge in [0.25, 0.3) is 0 Å². The lowest BCUT2D eigenvalue weighted by Gasteiger charge is -2.47. The van der Waals surface area contributed by atoms with E-state index in [1.165, 1.54) is 16.8 Å². The molecule has 1 aromatic rings. The Balaban J connectivity index is 2.36. The van der Waals surface area contributed by atoms with E-state index in [4.69, 9.17) is 0 Å². The normalized spacial score (nSPS) is 23.2. The second kappa shape index (κ2) is 4.93. The summed E-state index contributed by atoms with van der Waals surface area (Å²) in [6, 6.07) is 6.64. The van der Waals surface area contributed by atoms with Crippen molar-refractivity contribution in [3.05, 3.63) is 29.3 Å². The first-order chi connectivity index (χ1) is 8.44. The number of hydrogen-bond donors (Lipinski definition) is 1. The quantitative estimate of drug-likeness (QED) is 0.867. The van der Waals surface area contributed by atoms with Crippen LogP contribution in [0.1, 0.15) is 37.8 Å². The van der Waals surface area contributed by atoms with Crippen molar-refractivity contribution in [1.82, 2.24) is 0 Å². The molecule has 100 valence electrons. The van der Waals surface area contributed by atoms with Crippen LogP contribution in [0.15, 0.2) is 18.2 Å².